The number of benzene rings is 2. The molecule has 0 aliphatic carbocycles. The van der Waals surface area contributed by atoms with Gasteiger partial charge in [0.1, 0.15) is 5.75 Å². The molecule has 0 saturated heterocycles. The smallest absolute Gasteiger partial charge is 0.224 e. The monoisotopic (exact) mass is 379 g/mol. The predicted octanol–water partition coefficient (Wildman–Crippen LogP) is 6.09. The van der Waals surface area contributed by atoms with Crippen molar-refractivity contribution in [1.29, 1.82) is 0 Å². The Morgan fingerprint density at radius 3 is 2.36 bits per heavy atom. The highest BCUT2D eigenvalue weighted by Crippen LogP contribution is 2.26. The molecular weight excluding hydrogens is 357 g/mol. The van der Waals surface area contributed by atoms with Crippen LogP contribution in [0.4, 0.5) is 5.69 Å². The molecule has 0 spiro atoms. The molecular formula is C20H23Cl2NO2. The first-order valence-electron chi connectivity index (χ1n) is 8.24. The Hall–Kier alpha value is -1.71. The summed E-state index contributed by atoms with van der Waals surface area (Å²) in [4.78, 5) is 12.0. The summed E-state index contributed by atoms with van der Waals surface area (Å²) >= 11 is 11.9. The molecule has 0 fully saturated rings. The Kier molecular flexibility index (Phi) is 6.74. The van der Waals surface area contributed by atoms with Gasteiger partial charge >= 0.3 is 0 Å². The van der Waals surface area contributed by atoms with Crippen LogP contribution in [0.2, 0.25) is 10.0 Å². The molecule has 2 rings (SSSR count). The van der Waals surface area contributed by atoms with Gasteiger partial charge in [0, 0.05) is 11.4 Å². The summed E-state index contributed by atoms with van der Waals surface area (Å²) in [6.45, 7) is 7.01. The minimum Gasteiger partial charge on any atom is -0.494 e. The summed E-state index contributed by atoms with van der Waals surface area (Å²) in [5, 5.41) is 3.74. The number of amides is 1. The minimum absolute atomic E-state index is 0.101. The van der Waals surface area contributed by atoms with Crippen molar-refractivity contribution in [2.75, 3.05) is 11.9 Å². The van der Waals surface area contributed by atoms with Gasteiger partial charge in [0.15, 0.2) is 0 Å². The Bertz CT molecular complexity index is 721. The molecule has 3 nitrogen and oxygen atoms in total. The van der Waals surface area contributed by atoms with E-state index >= 15 is 0 Å². The average molecular weight is 380 g/mol. The molecule has 0 bridgehead atoms. The van der Waals surface area contributed by atoms with Gasteiger partial charge in [-0.1, -0.05) is 56.1 Å². The molecule has 134 valence electrons. The van der Waals surface area contributed by atoms with Gasteiger partial charge in [-0.05, 0) is 47.7 Å². The fraction of sp³-hybridized carbons (Fsp3) is 0.350. The first-order chi connectivity index (χ1) is 11.8. The van der Waals surface area contributed by atoms with Gasteiger partial charge in [0.05, 0.1) is 17.3 Å². The van der Waals surface area contributed by atoms with Crippen molar-refractivity contribution in [2.24, 2.45) is 0 Å². The lowest BCUT2D eigenvalue weighted by Gasteiger charge is -2.19. The van der Waals surface area contributed by atoms with Gasteiger partial charge in [-0.2, -0.15) is 0 Å². The van der Waals surface area contributed by atoms with Crippen LogP contribution in [0.5, 0.6) is 5.75 Å². The van der Waals surface area contributed by atoms with Crippen molar-refractivity contribution in [3.8, 4) is 5.75 Å². The van der Waals surface area contributed by atoms with Crippen molar-refractivity contribution in [3.05, 3.63) is 58.1 Å². The molecule has 0 radical (unpaired) electrons. The maximum atomic E-state index is 12.0. The number of nitrogens with one attached hydrogen (secondary N) is 1. The molecule has 25 heavy (non-hydrogen) atoms. The van der Waals surface area contributed by atoms with E-state index in [-0.39, 0.29) is 11.3 Å². The average Bonchev–Trinajstić information content (AvgIpc) is 2.54. The molecule has 0 aliphatic heterocycles. The maximum absolute atomic E-state index is 12.0. The van der Waals surface area contributed by atoms with Crippen molar-refractivity contribution < 1.29 is 9.53 Å². The normalized spacial score (nSPS) is 11.2. The van der Waals surface area contributed by atoms with Crippen molar-refractivity contribution in [3.63, 3.8) is 0 Å². The summed E-state index contributed by atoms with van der Waals surface area (Å²) in [6.07, 6.45) is 0.983. The molecule has 1 amide bonds. The SMILES string of the molecule is CC(C)(C)c1ccc(OCCCC(=O)Nc2ccc(Cl)cc2Cl)cc1. The minimum atomic E-state index is -0.101. The van der Waals surface area contributed by atoms with Gasteiger partial charge in [-0.25, -0.2) is 0 Å². The molecule has 1 N–H and O–H groups in total. The molecule has 0 heterocycles. The lowest BCUT2D eigenvalue weighted by molar-refractivity contribution is -0.116. The third-order valence-corrected chi connectivity index (χ3v) is 4.29. The van der Waals surface area contributed by atoms with Crippen LogP contribution < -0.4 is 10.1 Å². The van der Waals surface area contributed by atoms with E-state index in [1.54, 1.807) is 18.2 Å². The lowest BCUT2D eigenvalue weighted by atomic mass is 9.87. The summed E-state index contributed by atoms with van der Waals surface area (Å²) < 4.78 is 5.69. The van der Waals surface area contributed by atoms with Crippen molar-refractivity contribution >= 4 is 34.8 Å². The Morgan fingerprint density at radius 1 is 1.08 bits per heavy atom. The summed E-state index contributed by atoms with van der Waals surface area (Å²) in [5.41, 5.74) is 1.95. The highest BCUT2D eigenvalue weighted by atomic mass is 35.5. The van der Waals surface area contributed by atoms with Crippen LogP contribution in [-0.4, -0.2) is 12.5 Å². The van der Waals surface area contributed by atoms with Crippen LogP contribution >= 0.6 is 23.2 Å². The quantitative estimate of drug-likeness (QED) is 0.616. The number of carbonyl (C=O) groups excluding carboxylic acids is 1. The number of halogens is 2. The number of carbonyl (C=O) groups is 1. The maximum Gasteiger partial charge on any atom is 0.224 e. The van der Waals surface area contributed by atoms with E-state index in [4.69, 9.17) is 27.9 Å². The van der Waals surface area contributed by atoms with E-state index in [1.165, 1.54) is 5.56 Å². The van der Waals surface area contributed by atoms with Crippen LogP contribution in [0.3, 0.4) is 0 Å². The molecule has 5 heteroatoms. The molecule has 0 atom stereocenters. The van der Waals surface area contributed by atoms with E-state index in [2.05, 4.69) is 38.2 Å². The van der Waals surface area contributed by atoms with Crippen LogP contribution in [0.15, 0.2) is 42.5 Å². The standard InChI is InChI=1S/C20H23Cl2NO2/c1-20(2,3)14-6-9-16(10-7-14)25-12-4-5-19(24)23-18-11-8-15(21)13-17(18)22/h6-11,13H,4-5,12H2,1-3H3,(H,23,24). The zero-order valence-corrected chi connectivity index (χ0v) is 16.2. The second-order valence-electron chi connectivity index (χ2n) is 6.90. The van der Waals surface area contributed by atoms with E-state index in [0.717, 1.165) is 5.75 Å². The second-order valence-corrected chi connectivity index (χ2v) is 7.74. The van der Waals surface area contributed by atoms with Gasteiger partial charge in [0.25, 0.3) is 0 Å². The largest absolute Gasteiger partial charge is 0.494 e. The summed E-state index contributed by atoms with van der Waals surface area (Å²) in [6, 6.07) is 13.1. The van der Waals surface area contributed by atoms with E-state index in [1.807, 2.05) is 12.1 Å². The third-order valence-electron chi connectivity index (χ3n) is 3.74. The zero-order chi connectivity index (χ0) is 18.4. The van der Waals surface area contributed by atoms with Crippen LogP contribution in [0.25, 0.3) is 0 Å². The van der Waals surface area contributed by atoms with Crippen molar-refractivity contribution in [2.45, 2.75) is 39.0 Å². The van der Waals surface area contributed by atoms with Gasteiger partial charge < -0.3 is 10.1 Å². The number of hydrogen-bond donors (Lipinski definition) is 1. The Morgan fingerprint density at radius 2 is 1.76 bits per heavy atom. The van der Waals surface area contributed by atoms with Crippen LogP contribution in [0, 0.1) is 0 Å². The fourth-order valence-electron chi connectivity index (χ4n) is 2.28. The van der Waals surface area contributed by atoms with Gasteiger partial charge in [-0.15, -0.1) is 0 Å². The van der Waals surface area contributed by atoms with Gasteiger partial charge in [0.2, 0.25) is 5.91 Å². The first kappa shape index (κ1) is 19.6. The molecule has 2 aromatic carbocycles. The molecule has 0 aromatic heterocycles. The predicted molar refractivity (Wildman–Crippen MR) is 105 cm³/mol. The second kappa shape index (κ2) is 8.59. The molecule has 0 unspecified atom stereocenters. The van der Waals surface area contributed by atoms with E-state index in [9.17, 15) is 4.79 Å². The number of anilines is 1. The van der Waals surface area contributed by atoms with Crippen LogP contribution in [-0.2, 0) is 10.2 Å². The number of hydrogen-bond acceptors (Lipinski definition) is 2. The highest BCUT2D eigenvalue weighted by Gasteiger charge is 2.13. The Labute approximate surface area is 159 Å². The Balaban J connectivity index is 1.74. The van der Waals surface area contributed by atoms with Crippen LogP contribution in [0.1, 0.15) is 39.2 Å². The summed E-state index contributed by atoms with van der Waals surface area (Å²) in [5.74, 6) is 0.713. The number of ether oxygens (including phenoxy) is 1. The molecule has 2 aromatic rings. The van der Waals surface area contributed by atoms with Crippen molar-refractivity contribution in [1.82, 2.24) is 0 Å². The molecule has 0 saturated carbocycles. The fourth-order valence-corrected chi connectivity index (χ4v) is 2.73. The first-order valence-corrected chi connectivity index (χ1v) is 8.99. The van der Waals surface area contributed by atoms with Gasteiger partial charge in [-0.3, -0.25) is 4.79 Å². The highest BCUT2D eigenvalue weighted by molar-refractivity contribution is 6.36. The summed E-state index contributed by atoms with van der Waals surface area (Å²) in [7, 11) is 0. The topological polar surface area (TPSA) is 38.3 Å². The van der Waals surface area contributed by atoms with E-state index in [0.29, 0.717) is 35.2 Å². The van der Waals surface area contributed by atoms with E-state index < -0.39 is 0 Å². The zero-order valence-electron chi connectivity index (χ0n) is 14.7. The third kappa shape index (κ3) is 6.26. The number of rotatable bonds is 6. The molecule has 0 aliphatic rings. The lowest BCUT2D eigenvalue weighted by Crippen LogP contribution is -2.13.